The number of nitrogens with one attached hydrogen (secondary N) is 2. The lowest BCUT2D eigenvalue weighted by Gasteiger charge is -2.19. The topological polar surface area (TPSA) is 56.7 Å². The van der Waals surface area contributed by atoms with E-state index < -0.39 is 0 Å². The highest BCUT2D eigenvalue weighted by Gasteiger charge is 2.23. The number of guanidine groups is 1. The van der Waals surface area contributed by atoms with Gasteiger partial charge in [0.05, 0.1) is 6.54 Å². The lowest BCUT2D eigenvalue weighted by Crippen LogP contribution is -2.44. The van der Waals surface area contributed by atoms with Crippen LogP contribution in [0.25, 0.3) is 0 Å². The molecule has 3 rings (SSSR count). The SMILES string of the molecule is CN=C(NCC(=O)N1CCc2ccccc21)NCc1ccc(C)cc1.I. The van der Waals surface area contributed by atoms with Gasteiger partial charge in [0.15, 0.2) is 5.96 Å². The third kappa shape index (κ3) is 4.97. The maximum Gasteiger partial charge on any atom is 0.246 e. The lowest BCUT2D eigenvalue weighted by molar-refractivity contribution is -0.117. The van der Waals surface area contributed by atoms with Crippen molar-refractivity contribution in [1.82, 2.24) is 10.6 Å². The van der Waals surface area contributed by atoms with Gasteiger partial charge in [-0.05, 0) is 30.5 Å². The first-order valence-corrected chi connectivity index (χ1v) is 8.55. The van der Waals surface area contributed by atoms with Gasteiger partial charge in [-0.2, -0.15) is 0 Å². The second kappa shape index (κ2) is 9.56. The molecule has 2 aromatic rings. The zero-order valence-corrected chi connectivity index (χ0v) is 17.5. The summed E-state index contributed by atoms with van der Waals surface area (Å²) in [6.45, 7) is 3.71. The predicted molar refractivity (Wildman–Crippen MR) is 117 cm³/mol. The van der Waals surface area contributed by atoms with Gasteiger partial charge >= 0.3 is 0 Å². The summed E-state index contributed by atoms with van der Waals surface area (Å²) < 4.78 is 0. The minimum atomic E-state index is 0. The molecule has 0 radical (unpaired) electrons. The van der Waals surface area contributed by atoms with Crippen LogP contribution in [-0.2, 0) is 17.8 Å². The average Bonchev–Trinajstić information content (AvgIpc) is 3.07. The summed E-state index contributed by atoms with van der Waals surface area (Å²) in [6.07, 6.45) is 0.919. The summed E-state index contributed by atoms with van der Waals surface area (Å²) in [7, 11) is 1.71. The number of halogens is 1. The van der Waals surface area contributed by atoms with E-state index in [1.54, 1.807) is 7.05 Å². The molecule has 2 N–H and O–H groups in total. The first-order valence-electron chi connectivity index (χ1n) is 8.55. The van der Waals surface area contributed by atoms with Crippen LogP contribution < -0.4 is 15.5 Å². The Labute approximate surface area is 171 Å². The Morgan fingerprint density at radius 3 is 2.58 bits per heavy atom. The largest absolute Gasteiger partial charge is 0.352 e. The van der Waals surface area contributed by atoms with Crippen molar-refractivity contribution < 1.29 is 4.79 Å². The first kappa shape index (κ1) is 20.2. The highest BCUT2D eigenvalue weighted by Crippen LogP contribution is 2.27. The summed E-state index contributed by atoms with van der Waals surface area (Å²) in [5.74, 6) is 0.685. The van der Waals surface area contributed by atoms with Gasteiger partial charge in [0.1, 0.15) is 0 Å². The van der Waals surface area contributed by atoms with Crippen LogP contribution in [0.3, 0.4) is 0 Å². The number of benzene rings is 2. The monoisotopic (exact) mass is 464 g/mol. The van der Waals surface area contributed by atoms with Crippen LogP contribution in [0.15, 0.2) is 53.5 Å². The standard InChI is InChI=1S/C20H24N4O.HI/c1-15-7-9-16(10-8-15)13-22-20(21-2)23-14-19(25)24-12-11-17-5-3-4-6-18(17)24;/h3-10H,11-14H2,1-2H3,(H2,21,22,23);1H. The number of hydrogen-bond acceptors (Lipinski definition) is 2. The number of amides is 1. The second-order valence-electron chi connectivity index (χ2n) is 6.19. The molecule has 1 amide bonds. The van der Waals surface area contributed by atoms with E-state index in [9.17, 15) is 4.79 Å². The van der Waals surface area contributed by atoms with Gasteiger partial charge in [0.2, 0.25) is 5.91 Å². The molecule has 1 aliphatic rings. The van der Waals surface area contributed by atoms with Crippen molar-refractivity contribution in [2.75, 3.05) is 25.0 Å². The fourth-order valence-corrected chi connectivity index (χ4v) is 2.96. The summed E-state index contributed by atoms with van der Waals surface area (Å²) in [4.78, 5) is 18.6. The quantitative estimate of drug-likeness (QED) is 0.416. The minimum absolute atomic E-state index is 0. The molecule has 0 saturated carbocycles. The molecule has 0 unspecified atom stereocenters. The summed E-state index contributed by atoms with van der Waals surface area (Å²) >= 11 is 0. The maximum absolute atomic E-state index is 12.5. The third-order valence-corrected chi connectivity index (χ3v) is 4.40. The number of nitrogens with zero attached hydrogens (tertiary/aromatic N) is 2. The Morgan fingerprint density at radius 1 is 1.12 bits per heavy atom. The highest BCUT2D eigenvalue weighted by molar-refractivity contribution is 14.0. The van der Waals surface area contributed by atoms with Crippen molar-refractivity contribution in [2.45, 2.75) is 19.9 Å². The van der Waals surface area contributed by atoms with Crippen LogP contribution in [0.2, 0.25) is 0 Å². The Morgan fingerprint density at radius 2 is 1.85 bits per heavy atom. The summed E-state index contributed by atoms with van der Waals surface area (Å²) in [5.41, 5.74) is 4.67. The van der Waals surface area contributed by atoms with Crippen LogP contribution >= 0.6 is 24.0 Å². The van der Waals surface area contributed by atoms with Gasteiger partial charge in [-0.1, -0.05) is 48.0 Å². The number of hydrogen-bond donors (Lipinski definition) is 2. The molecule has 0 bridgehead atoms. The molecular formula is C20H25IN4O. The number of para-hydroxylation sites is 1. The second-order valence-corrected chi connectivity index (χ2v) is 6.19. The van der Waals surface area contributed by atoms with Crippen molar-refractivity contribution in [3.05, 3.63) is 65.2 Å². The molecule has 0 atom stereocenters. The highest BCUT2D eigenvalue weighted by atomic mass is 127. The Balaban J connectivity index is 0.00000243. The molecule has 1 heterocycles. The van der Waals surface area contributed by atoms with E-state index >= 15 is 0 Å². The van der Waals surface area contributed by atoms with Crippen molar-refractivity contribution >= 4 is 41.5 Å². The van der Waals surface area contributed by atoms with E-state index in [4.69, 9.17) is 0 Å². The molecule has 0 aliphatic carbocycles. The predicted octanol–water partition coefficient (Wildman–Crippen LogP) is 2.87. The van der Waals surface area contributed by atoms with E-state index in [1.165, 1.54) is 16.7 Å². The zero-order chi connectivity index (χ0) is 17.6. The maximum atomic E-state index is 12.5. The van der Waals surface area contributed by atoms with Gasteiger partial charge < -0.3 is 15.5 Å². The Bertz CT molecular complexity index is 774. The van der Waals surface area contributed by atoms with Gasteiger partial charge in [-0.3, -0.25) is 9.79 Å². The first-order chi connectivity index (χ1) is 12.2. The van der Waals surface area contributed by atoms with E-state index in [-0.39, 0.29) is 36.4 Å². The summed E-state index contributed by atoms with van der Waals surface area (Å²) in [6, 6.07) is 16.4. The van der Waals surface area contributed by atoms with Crippen molar-refractivity contribution in [3.8, 4) is 0 Å². The average molecular weight is 464 g/mol. The zero-order valence-electron chi connectivity index (χ0n) is 15.2. The van der Waals surface area contributed by atoms with Crippen LogP contribution in [0, 0.1) is 6.92 Å². The van der Waals surface area contributed by atoms with E-state index in [2.05, 4.69) is 52.9 Å². The molecule has 2 aromatic carbocycles. The number of anilines is 1. The molecule has 1 aliphatic heterocycles. The number of carbonyl (C=O) groups excluding carboxylic acids is 1. The van der Waals surface area contributed by atoms with E-state index in [1.807, 2.05) is 23.1 Å². The van der Waals surface area contributed by atoms with Crippen molar-refractivity contribution in [2.24, 2.45) is 4.99 Å². The van der Waals surface area contributed by atoms with E-state index in [0.717, 1.165) is 18.7 Å². The summed E-state index contributed by atoms with van der Waals surface area (Å²) in [5, 5.41) is 6.34. The van der Waals surface area contributed by atoms with E-state index in [0.29, 0.717) is 12.5 Å². The van der Waals surface area contributed by atoms with Crippen LogP contribution in [0.1, 0.15) is 16.7 Å². The van der Waals surface area contributed by atoms with Gasteiger partial charge in [0, 0.05) is 25.8 Å². The van der Waals surface area contributed by atoms with Crippen LogP contribution in [0.5, 0.6) is 0 Å². The van der Waals surface area contributed by atoms with Crippen LogP contribution in [-0.4, -0.2) is 32.0 Å². The van der Waals surface area contributed by atoms with Crippen molar-refractivity contribution in [1.29, 1.82) is 0 Å². The Kier molecular flexibility index (Phi) is 7.44. The normalized spacial score (nSPS) is 13.0. The molecule has 5 nitrogen and oxygen atoms in total. The van der Waals surface area contributed by atoms with Gasteiger partial charge in [0.25, 0.3) is 0 Å². The smallest absolute Gasteiger partial charge is 0.246 e. The van der Waals surface area contributed by atoms with Crippen molar-refractivity contribution in [3.63, 3.8) is 0 Å². The van der Waals surface area contributed by atoms with Gasteiger partial charge in [-0.15, -0.1) is 24.0 Å². The molecule has 0 saturated heterocycles. The molecule has 0 spiro atoms. The molecular weight excluding hydrogens is 439 g/mol. The number of rotatable bonds is 4. The number of aryl methyl sites for hydroxylation is 1. The van der Waals surface area contributed by atoms with Crippen LogP contribution in [0.4, 0.5) is 5.69 Å². The number of fused-ring (bicyclic) bond motifs is 1. The third-order valence-electron chi connectivity index (χ3n) is 4.40. The fourth-order valence-electron chi connectivity index (χ4n) is 2.96. The minimum Gasteiger partial charge on any atom is -0.352 e. The number of aliphatic imine (C=N–C) groups is 1. The number of carbonyl (C=O) groups is 1. The molecule has 0 fully saturated rings. The molecule has 6 heteroatoms. The lowest BCUT2D eigenvalue weighted by atomic mass is 10.1. The molecule has 138 valence electrons. The Hall–Kier alpha value is -2.09. The molecule has 26 heavy (non-hydrogen) atoms. The van der Waals surface area contributed by atoms with Gasteiger partial charge in [-0.25, -0.2) is 0 Å². The fraction of sp³-hybridized carbons (Fsp3) is 0.300. The molecule has 0 aromatic heterocycles.